The van der Waals surface area contributed by atoms with Crippen LogP contribution in [0.15, 0.2) is 72.4 Å². The van der Waals surface area contributed by atoms with Gasteiger partial charge in [-0.15, -0.1) is 0 Å². The van der Waals surface area contributed by atoms with Crippen LogP contribution in [0.3, 0.4) is 0 Å². The van der Waals surface area contributed by atoms with Gasteiger partial charge in [-0.05, 0) is 35.4 Å². The maximum atomic E-state index is 12.8. The number of carbonyl (C=O) groups is 2. The highest BCUT2D eigenvalue weighted by atomic mass is 35.5. The summed E-state index contributed by atoms with van der Waals surface area (Å²) in [5, 5.41) is 12.1. The van der Waals surface area contributed by atoms with Gasteiger partial charge in [0.1, 0.15) is 12.3 Å². The predicted molar refractivity (Wildman–Crippen MR) is 127 cm³/mol. The largest absolute Gasteiger partial charge is 0.493 e. The molecule has 0 bridgehead atoms. The Labute approximate surface area is 201 Å². The van der Waals surface area contributed by atoms with Crippen LogP contribution < -0.4 is 14.8 Å². The highest BCUT2D eigenvalue weighted by Crippen LogP contribution is 2.38. The molecule has 7 nitrogen and oxygen atoms in total. The lowest BCUT2D eigenvalue weighted by molar-refractivity contribution is -0.123. The monoisotopic (exact) mass is 473 g/mol. The number of carbonyl (C=O) groups excluding carboxylic acids is 2. The number of ether oxygens (including phenoxy) is 2. The fraction of sp³-hybridized carbons (Fsp3) is 0.115. The van der Waals surface area contributed by atoms with Crippen LogP contribution in [0.25, 0.3) is 6.08 Å². The zero-order valence-corrected chi connectivity index (χ0v) is 19.0. The van der Waals surface area contributed by atoms with Crippen molar-refractivity contribution in [1.82, 2.24) is 10.2 Å². The summed E-state index contributed by atoms with van der Waals surface area (Å²) < 4.78 is 11.3. The minimum Gasteiger partial charge on any atom is -0.493 e. The van der Waals surface area contributed by atoms with E-state index in [9.17, 15) is 14.9 Å². The molecule has 0 saturated carbocycles. The minimum atomic E-state index is -0.491. The van der Waals surface area contributed by atoms with Crippen molar-refractivity contribution in [2.75, 3.05) is 7.11 Å². The van der Waals surface area contributed by atoms with Gasteiger partial charge in [-0.1, -0.05) is 60.1 Å². The molecule has 1 aliphatic rings. The van der Waals surface area contributed by atoms with Gasteiger partial charge in [0.25, 0.3) is 5.91 Å². The number of urea groups is 1. The van der Waals surface area contributed by atoms with Crippen LogP contribution in [0.1, 0.15) is 22.3 Å². The van der Waals surface area contributed by atoms with Gasteiger partial charge in [-0.2, -0.15) is 5.26 Å². The van der Waals surface area contributed by atoms with E-state index in [1.54, 1.807) is 30.3 Å². The van der Waals surface area contributed by atoms with Gasteiger partial charge < -0.3 is 14.8 Å². The Morgan fingerprint density at radius 3 is 2.56 bits per heavy atom. The summed E-state index contributed by atoms with van der Waals surface area (Å²) in [5.41, 5.74) is 2.76. The summed E-state index contributed by atoms with van der Waals surface area (Å²) in [6.07, 6.45) is 1.54. The number of halogens is 1. The third-order valence-electron chi connectivity index (χ3n) is 5.22. The maximum Gasteiger partial charge on any atom is 0.329 e. The third kappa shape index (κ3) is 4.87. The Balaban J connectivity index is 1.55. The molecule has 0 radical (unpaired) electrons. The number of nitrogens with zero attached hydrogens (tertiary/aromatic N) is 2. The molecule has 0 aliphatic carbocycles. The highest BCUT2D eigenvalue weighted by molar-refractivity contribution is 6.32. The number of nitriles is 1. The fourth-order valence-electron chi connectivity index (χ4n) is 3.52. The molecule has 3 aromatic carbocycles. The van der Waals surface area contributed by atoms with Gasteiger partial charge in [0.05, 0.1) is 30.3 Å². The second-order valence-electron chi connectivity index (χ2n) is 7.46. The summed E-state index contributed by atoms with van der Waals surface area (Å²) in [5.74, 6) is 0.232. The van der Waals surface area contributed by atoms with Gasteiger partial charge in [0, 0.05) is 5.56 Å². The molecule has 0 aromatic heterocycles. The zero-order valence-electron chi connectivity index (χ0n) is 18.2. The quantitative estimate of drug-likeness (QED) is 0.389. The SMILES string of the molecule is COc1cc(/C=C2/NC(=O)N(Cc3ccccc3)C2=O)cc(Cl)c1OCc1ccccc1C#N. The van der Waals surface area contributed by atoms with Gasteiger partial charge in [0.15, 0.2) is 11.5 Å². The van der Waals surface area contributed by atoms with E-state index in [1.165, 1.54) is 13.2 Å². The Morgan fingerprint density at radius 1 is 1.09 bits per heavy atom. The molecule has 1 N–H and O–H groups in total. The Kier molecular flexibility index (Phi) is 6.81. The minimum absolute atomic E-state index is 0.128. The number of rotatable bonds is 7. The van der Waals surface area contributed by atoms with Crippen LogP contribution in [-0.4, -0.2) is 23.9 Å². The van der Waals surface area contributed by atoms with Gasteiger partial charge >= 0.3 is 6.03 Å². The van der Waals surface area contributed by atoms with Crippen LogP contribution in [0.5, 0.6) is 11.5 Å². The molecule has 0 atom stereocenters. The van der Waals surface area contributed by atoms with Gasteiger partial charge in [0.2, 0.25) is 0 Å². The van der Waals surface area contributed by atoms with Crippen LogP contribution in [0.4, 0.5) is 4.79 Å². The Morgan fingerprint density at radius 2 is 1.82 bits per heavy atom. The van der Waals surface area contributed by atoms with Crippen molar-refractivity contribution < 1.29 is 19.1 Å². The molecular weight excluding hydrogens is 454 g/mol. The lowest BCUT2D eigenvalue weighted by Crippen LogP contribution is -2.30. The second-order valence-corrected chi connectivity index (χ2v) is 7.86. The molecule has 4 rings (SSSR count). The van der Waals surface area contributed by atoms with Crippen molar-refractivity contribution in [3.63, 3.8) is 0 Å². The lowest BCUT2D eigenvalue weighted by Gasteiger charge is -2.14. The number of amides is 3. The molecule has 1 aliphatic heterocycles. The van der Waals surface area contributed by atoms with E-state index in [4.69, 9.17) is 21.1 Å². The van der Waals surface area contributed by atoms with E-state index < -0.39 is 11.9 Å². The Hall–Kier alpha value is -4.28. The number of nitrogens with one attached hydrogen (secondary N) is 1. The molecule has 1 heterocycles. The van der Waals surface area contributed by atoms with Crippen molar-refractivity contribution in [3.05, 3.63) is 99.7 Å². The van der Waals surface area contributed by atoms with Crippen LogP contribution in [-0.2, 0) is 17.9 Å². The molecule has 3 aromatic rings. The summed E-state index contributed by atoms with van der Waals surface area (Å²) in [6, 6.07) is 21.3. The fourth-order valence-corrected chi connectivity index (χ4v) is 3.79. The van der Waals surface area contributed by atoms with E-state index in [1.807, 2.05) is 36.4 Å². The van der Waals surface area contributed by atoms with Crippen molar-refractivity contribution in [3.8, 4) is 17.6 Å². The number of methoxy groups -OCH3 is 1. The standard InChI is InChI=1S/C26H20ClN3O4/c1-33-23-13-18(11-21(27)24(23)34-16-20-10-6-5-9-19(20)14-28)12-22-25(31)30(26(32)29-22)15-17-7-3-2-4-8-17/h2-13H,15-16H2,1H3,(H,29,32)/b22-12+. The van der Waals surface area contributed by atoms with E-state index in [2.05, 4.69) is 11.4 Å². The Bertz CT molecular complexity index is 1320. The number of imide groups is 1. The van der Waals surface area contributed by atoms with E-state index in [0.29, 0.717) is 28.2 Å². The average molecular weight is 474 g/mol. The summed E-state index contributed by atoms with van der Waals surface area (Å²) >= 11 is 6.46. The van der Waals surface area contributed by atoms with Crippen molar-refractivity contribution in [2.24, 2.45) is 0 Å². The van der Waals surface area contributed by atoms with Crippen LogP contribution in [0.2, 0.25) is 5.02 Å². The van der Waals surface area contributed by atoms with Crippen LogP contribution >= 0.6 is 11.6 Å². The number of hydrogen-bond donors (Lipinski definition) is 1. The first kappa shape index (κ1) is 22.9. The normalized spacial score (nSPS) is 14.1. The van der Waals surface area contributed by atoms with Crippen molar-refractivity contribution in [2.45, 2.75) is 13.2 Å². The average Bonchev–Trinajstić information content (AvgIpc) is 3.11. The molecule has 170 valence electrons. The molecule has 34 heavy (non-hydrogen) atoms. The van der Waals surface area contributed by atoms with Crippen molar-refractivity contribution in [1.29, 1.82) is 5.26 Å². The maximum absolute atomic E-state index is 12.8. The number of hydrogen-bond acceptors (Lipinski definition) is 5. The third-order valence-corrected chi connectivity index (χ3v) is 5.50. The lowest BCUT2D eigenvalue weighted by atomic mass is 10.1. The first-order valence-corrected chi connectivity index (χ1v) is 10.7. The molecule has 8 heteroatoms. The van der Waals surface area contributed by atoms with Gasteiger partial charge in [-0.25, -0.2) is 4.79 Å². The topological polar surface area (TPSA) is 91.7 Å². The van der Waals surface area contributed by atoms with E-state index in [-0.39, 0.29) is 23.9 Å². The first-order valence-electron chi connectivity index (χ1n) is 10.4. The molecule has 0 spiro atoms. The van der Waals surface area contributed by atoms with Crippen LogP contribution in [0, 0.1) is 11.3 Å². The number of benzene rings is 3. The summed E-state index contributed by atoms with van der Waals surface area (Å²) in [7, 11) is 1.47. The molecular formula is C26H20ClN3O4. The van der Waals surface area contributed by atoms with Gasteiger partial charge in [-0.3, -0.25) is 9.69 Å². The highest BCUT2D eigenvalue weighted by Gasteiger charge is 2.33. The van der Waals surface area contributed by atoms with Crippen molar-refractivity contribution >= 4 is 29.6 Å². The molecule has 1 fully saturated rings. The second kappa shape index (κ2) is 10.1. The summed E-state index contributed by atoms with van der Waals surface area (Å²) in [6.45, 7) is 0.299. The summed E-state index contributed by atoms with van der Waals surface area (Å²) in [4.78, 5) is 26.3. The molecule has 3 amide bonds. The molecule has 1 saturated heterocycles. The predicted octanol–water partition coefficient (Wildman–Crippen LogP) is 4.89. The van der Waals surface area contributed by atoms with E-state index in [0.717, 1.165) is 10.5 Å². The smallest absolute Gasteiger partial charge is 0.329 e. The van der Waals surface area contributed by atoms with E-state index >= 15 is 0 Å². The first-order chi connectivity index (χ1) is 16.5. The molecule has 0 unspecified atom stereocenters. The zero-order chi connectivity index (χ0) is 24.1.